The van der Waals surface area contributed by atoms with Crippen LogP contribution in [0.25, 0.3) is 0 Å². The van der Waals surface area contributed by atoms with Crippen LogP contribution in [0.15, 0.2) is 41.8 Å². The van der Waals surface area contributed by atoms with Crippen molar-refractivity contribution < 1.29 is 19.1 Å². The van der Waals surface area contributed by atoms with Crippen molar-refractivity contribution in [3.05, 3.63) is 58.0 Å². The molecule has 3 rings (SSSR count). The molecule has 2 aromatic rings. The Hall–Kier alpha value is -2.01. The SMILES string of the molecule is CC(=O)O.O=C(C1CC1)C(c1cccs1)c1ccccc1F. The summed E-state index contributed by atoms with van der Waals surface area (Å²) in [5.74, 6) is -1.23. The molecule has 5 heteroatoms. The van der Waals surface area contributed by atoms with Crippen LogP contribution in [0, 0.1) is 11.7 Å². The van der Waals surface area contributed by atoms with Crippen LogP contribution in [0.4, 0.5) is 4.39 Å². The summed E-state index contributed by atoms with van der Waals surface area (Å²) >= 11 is 1.52. The maximum Gasteiger partial charge on any atom is 0.300 e. The van der Waals surface area contributed by atoms with Crippen molar-refractivity contribution in [1.82, 2.24) is 0 Å². The first-order chi connectivity index (χ1) is 10.5. The van der Waals surface area contributed by atoms with E-state index in [1.165, 1.54) is 17.4 Å². The number of halogens is 1. The van der Waals surface area contributed by atoms with Crippen molar-refractivity contribution >= 4 is 23.1 Å². The van der Waals surface area contributed by atoms with Crippen molar-refractivity contribution in [2.24, 2.45) is 5.92 Å². The van der Waals surface area contributed by atoms with Gasteiger partial charge in [-0.05, 0) is 30.4 Å². The zero-order valence-corrected chi connectivity index (χ0v) is 13.0. The highest BCUT2D eigenvalue weighted by Gasteiger charge is 2.37. The standard InChI is InChI=1S/C15H13FOS.C2H4O2/c16-12-5-2-1-4-11(12)14(13-6-3-9-18-13)15(17)10-7-8-10;1-2(3)4/h1-6,9-10,14H,7-8H2;1H3,(H,3,4). The molecule has 22 heavy (non-hydrogen) atoms. The zero-order chi connectivity index (χ0) is 16.1. The molecule has 1 fully saturated rings. The number of thiophene rings is 1. The van der Waals surface area contributed by atoms with Gasteiger partial charge in [0.15, 0.2) is 0 Å². The second-order valence-corrected chi connectivity index (χ2v) is 6.14. The van der Waals surface area contributed by atoms with Gasteiger partial charge in [-0.1, -0.05) is 24.3 Å². The third kappa shape index (κ3) is 4.24. The molecular weight excluding hydrogens is 303 g/mol. The molecular formula is C17H17FO3S. The summed E-state index contributed by atoms with van der Waals surface area (Å²) in [4.78, 5) is 22.3. The first-order valence-electron chi connectivity index (χ1n) is 7.01. The molecule has 1 aliphatic rings. The highest BCUT2D eigenvalue weighted by molar-refractivity contribution is 7.10. The molecule has 0 bridgehead atoms. The van der Waals surface area contributed by atoms with E-state index in [2.05, 4.69) is 0 Å². The van der Waals surface area contributed by atoms with Gasteiger partial charge >= 0.3 is 0 Å². The maximum atomic E-state index is 13.9. The Morgan fingerprint density at radius 2 is 1.86 bits per heavy atom. The van der Waals surface area contributed by atoms with Gasteiger partial charge in [0.2, 0.25) is 0 Å². The number of rotatable bonds is 4. The molecule has 1 N–H and O–H groups in total. The fraction of sp³-hybridized carbons (Fsp3) is 0.294. The van der Waals surface area contributed by atoms with E-state index in [1.54, 1.807) is 18.2 Å². The first kappa shape index (κ1) is 16.4. The van der Waals surface area contributed by atoms with Crippen molar-refractivity contribution in [2.75, 3.05) is 0 Å². The van der Waals surface area contributed by atoms with Crippen molar-refractivity contribution in [3.63, 3.8) is 0 Å². The van der Waals surface area contributed by atoms with Crippen LogP contribution in [0.3, 0.4) is 0 Å². The predicted molar refractivity (Wildman–Crippen MR) is 83.6 cm³/mol. The van der Waals surface area contributed by atoms with Crippen LogP contribution in [0.1, 0.15) is 36.1 Å². The van der Waals surface area contributed by atoms with E-state index in [0.29, 0.717) is 5.56 Å². The molecule has 3 nitrogen and oxygen atoms in total. The van der Waals surface area contributed by atoms with E-state index in [0.717, 1.165) is 24.6 Å². The number of carbonyl (C=O) groups is 2. The average Bonchev–Trinajstić information content (AvgIpc) is 3.18. The number of Topliss-reactive ketones (excluding diaryl/α,β-unsaturated/α-hetero) is 1. The van der Waals surface area contributed by atoms with Gasteiger partial charge in [0.25, 0.3) is 5.97 Å². The Bertz CT molecular complexity index is 644. The lowest BCUT2D eigenvalue weighted by atomic mass is 9.90. The van der Waals surface area contributed by atoms with Crippen LogP contribution in [-0.4, -0.2) is 16.9 Å². The number of carboxylic acid groups (broad SMARTS) is 1. The summed E-state index contributed by atoms with van der Waals surface area (Å²) in [5, 5.41) is 9.35. The third-order valence-corrected chi connectivity index (χ3v) is 4.25. The zero-order valence-electron chi connectivity index (χ0n) is 12.2. The van der Waals surface area contributed by atoms with Crippen molar-refractivity contribution in [2.45, 2.75) is 25.7 Å². The molecule has 0 radical (unpaired) electrons. The van der Waals surface area contributed by atoms with Gasteiger partial charge in [-0.25, -0.2) is 4.39 Å². The average molecular weight is 320 g/mol. The number of aliphatic carboxylic acids is 1. The van der Waals surface area contributed by atoms with E-state index < -0.39 is 11.9 Å². The van der Waals surface area contributed by atoms with Gasteiger partial charge in [-0.3, -0.25) is 9.59 Å². The Balaban J connectivity index is 0.000000396. The van der Waals surface area contributed by atoms with Gasteiger partial charge < -0.3 is 5.11 Å². The van der Waals surface area contributed by atoms with Gasteiger partial charge in [-0.15, -0.1) is 11.3 Å². The van der Waals surface area contributed by atoms with Gasteiger partial charge in [-0.2, -0.15) is 0 Å². The van der Waals surface area contributed by atoms with Crippen LogP contribution in [0.2, 0.25) is 0 Å². The van der Waals surface area contributed by atoms with E-state index in [4.69, 9.17) is 9.90 Å². The Morgan fingerprint density at radius 1 is 1.23 bits per heavy atom. The predicted octanol–water partition coefficient (Wildman–Crippen LogP) is 4.09. The summed E-state index contributed by atoms with van der Waals surface area (Å²) in [5.41, 5.74) is 0.511. The number of benzene rings is 1. The van der Waals surface area contributed by atoms with E-state index in [9.17, 15) is 9.18 Å². The molecule has 1 saturated carbocycles. The normalized spacial score (nSPS) is 14.6. The highest BCUT2D eigenvalue weighted by Crippen LogP contribution is 2.40. The first-order valence-corrected chi connectivity index (χ1v) is 7.89. The molecule has 1 aromatic carbocycles. The van der Waals surface area contributed by atoms with Gasteiger partial charge in [0.05, 0.1) is 5.92 Å². The molecule has 1 unspecified atom stereocenters. The second-order valence-electron chi connectivity index (χ2n) is 5.17. The minimum atomic E-state index is -0.833. The van der Waals surface area contributed by atoms with Crippen LogP contribution >= 0.6 is 11.3 Å². The van der Waals surface area contributed by atoms with E-state index in [1.807, 2.05) is 17.5 Å². The highest BCUT2D eigenvalue weighted by atomic mass is 32.1. The van der Waals surface area contributed by atoms with Crippen LogP contribution in [-0.2, 0) is 9.59 Å². The lowest BCUT2D eigenvalue weighted by Crippen LogP contribution is -2.16. The van der Waals surface area contributed by atoms with E-state index in [-0.39, 0.29) is 17.5 Å². The molecule has 1 atom stereocenters. The molecule has 0 amide bonds. The fourth-order valence-electron chi connectivity index (χ4n) is 2.22. The molecule has 1 aromatic heterocycles. The second kappa shape index (κ2) is 7.31. The lowest BCUT2D eigenvalue weighted by molar-refractivity contribution is -0.134. The minimum absolute atomic E-state index is 0.136. The van der Waals surface area contributed by atoms with Crippen molar-refractivity contribution in [3.8, 4) is 0 Å². The van der Waals surface area contributed by atoms with E-state index >= 15 is 0 Å². The van der Waals surface area contributed by atoms with Crippen LogP contribution < -0.4 is 0 Å². The summed E-state index contributed by atoms with van der Waals surface area (Å²) in [6.07, 6.45) is 1.91. The smallest absolute Gasteiger partial charge is 0.300 e. The monoisotopic (exact) mass is 320 g/mol. The quantitative estimate of drug-likeness (QED) is 0.923. The minimum Gasteiger partial charge on any atom is -0.481 e. The topological polar surface area (TPSA) is 54.4 Å². The number of carbonyl (C=O) groups excluding carboxylic acids is 1. The molecule has 116 valence electrons. The third-order valence-electron chi connectivity index (χ3n) is 3.31. The number of hydrogen-bond donors (Lipinski definition) is 1. The summed E-state index contributed by atoms with van der Waals surface area (Å²) in [7, 11) is 0. The summed E-state index contributed by atoms with van der Waals surface area (Å²) in [6, 6.07) is 10.4. The summed E-state index contributed by atoms with van der Waals surface area (Å²) in [6.45, 7) is 1.08. The molecule has 1 heterocycles. The molecule has 0 aliphatic heterocycles. The Labute approximate surface area is 132 Å². The molecule has 0 spiro atoms. The number of hydrogen-bond acceptors (Lipinski definition) is 3. The fourth-order valence-corrected chi connectivity index (χ4v) is 3.07. The lowest BCUT2D eigenvalue weighted by Gasteiger charge is -2.15. The number of carboxylic acids is 1. The largest absolute Gasteiger partial charge is 0.481 e. The Morgan fingerprint density at radius 3 is 2.36 bits per heavy atom. The molecule has 1 aliphatic carbocycles. The van der Waals surface area contributed by atoms with Crippen LogP contribution in [0.5, 0.6) is 0 Å². The maximum absolute atomic E-state index is 13.9. The Kier molecular flexibility index (Phi) is 5.44. The molecule has 0 saturated heterocycles. The van der Waals surface area contributed by atoms with Gasteiger partial charge in [0, 0.05) is 23.3 Å². The number of ketones is 1. The van der Waals surface area contributed by atoms with Crippen molar-refractivity contribution in [1.29, 1.82) is 0 Å². The summed E-state index contributed by atoms with van der Waals surface area (Å²) < 4.78 is 13.9. The van der Waals surface area contributed by atoms with Gasteiger partial charge in [0.1, 0.15) is 11.6 Å².